The Morgan fingerprint density at radius 3 is 1.61 bits per heavy atom. The van der Waals surface area contributed by atoms with Crippen molar-refractivity contribution in [1.82, 2.24) is 29.1 Å². The maximum atomic E-state index is 5.73. The average molecular weight is 799 g/mol. The molecular formula is C54H38N6Si. The smallest absolute Gasteiger partial charge is 0.238 e. The van der Waals surface area contributed by atoms with Gasteiger partial charge in [-0.1, -0.05) is 177 Å². The minimum Gasteiger partial charge on any atom is -0.289 e. The summed E-state index contributed by atoms with van der Waals surface area (Å²) in [6.45, 7) is 4.97. The van der Waals surface area contributed by atoms with Crippen LogP contribution < -0.4 is 10.4 Å². The van der Waals surface area contributed by atoms with Crippen LogP contribution in [0.3, 0.4) is 0 Å². The Hall–Kier alpha value is -7.74. The van der Waals surface area contributed by atoms with Gasteiger partial charge in [0, 0.05) is 33.2 Å². The molecule has 3 aromatic heterocycles. The number of hydrogen-bond donors (Lipinski definition) is 0. The second-order valence-electron chi connectivity index (χ2n) is 16.3. The minimum absolute atomic E-state index is 0.482. The van der Waals surface area contributed by atoms with E-state index in [2.05, 4.69) is 198 Å². The standard InChI is InChI=1S/C54H38N6Si/c1-61(2)46-32-18-14-28-40(46)43-34-42(35-20-6-3-7-21-35)49-50(48(43)41-29-15-19-33-47(41)61)59(37-24-10-5-11-25-37)53(55-49)52-56-51(36-22-8-4-9-23-36)57-54(58-52)60-44-30-16-12-26-38(44)39-27-13-17-31-45(39)60/h3-34H,1-2H3. The summed E-state index contributed by atoms with van der Waals surface area (Å²) in [5.41, 5.74) is 12.8. The van der Waals surface area contributed by atoms with Gasteiger partial charge in [0.05, 0.1) is 22.1 Å². The van der Waals surface area contributed by atoms with Crippen molar-refractivity contribution in [2.24, 2.45) is 0 Å². The molecule has 61 heavy (non-hydrogen) atoms. The van der Waals surface area contributed by atoms with Gasteiger partial charge in [-0.2, -0.15) is 9.97 Å². The minimum atomic E-state index is -2.21. The van der Waals surface area contributed by atoms with Gasteiger partial charge in [0.25, 0.3) is 0 Å². The van der Waals surface area contributed by atoms with Gasteiger partial charge in [-0.15, -0.1) is 0 Å². The molecule has 0 aliphatic carbocycles. The van der Waals surface area contributed by atoms with Crippen molar-refractivity contribution in [2.75, 3.05) is 0 Å². The first kappa shape index (κ1) is 35.2. The van der Waals surface area contributed by atoms with Gasteiger partial charge in [-0.3, -0.25) is 9.13 Å². The van der Waals surface area contributed by atoms with E-state index in [-0.39, 0.29) is 0 Å². The molecule has 0 unspecified atom stereocenters. The summed E-state index contributed by atoms with van der Waals surface area (Å²) in [4.78, 5) is 21.8. The molecule has 0 radical (unpaired) electrons. The molecule has 288 valence electrons. The Balaban J connectivity index is 1.27. The van der Waals surface area contributed by atoms with Gasteiger partial charge >= 0.3 is 0 Å². The first-order valence-electron chi connectivity index (χ1n) is 20.7. The van der Waals surface area contributed by atoms with Gasteiger partial charge < -0.3 is 0 Å². The van der Waals surface area contributed by atoms with Gasteiger partial charge in [-0.05, 0) is 63.0 Å². The number of rotatable bonds is 5. The Labute approximate surface area is 354 Å². The second kappa shape index (κ2) is 13.7. The highest BCUT2D eigenvalue weighted by atomic mass is 28.3. The summed E-state index contributed by atoms with van der Waals surface area (Å²) in [7, 11) is -2.21. The predicted molar refractivity (Wildman–Crippen MR) is 253 cm³/mol. The van der Waals surface area contributed by atoms with Crippen LogP contribution in [-0.2, 0) is 0 Å². The fraction of sp³-hybridized carbons (Fsp3) is 0.0370. The number of nitrogens with zero attached hydrogens (tertiary/aromatic N) is 6. The second-order valence-corrected chi connectivity index (χ2v) is 20.6. The molecule has 0 spiro atoms. The normalized spacial score (nSPS) is 12.9. The van der Waals surface area contributed by atoms with E-state index in [1.807, 2.05) is 18.2 Å². The highest BCUT2D eigenvalue weighted by Crippen LogP contribution is 2.46. The van der Waals surface area contributed by atoms with Crippen molar-refractivity contribution in [3.63, 3.8) is 0 Å². The molecule has 0 N–H and O–H groups in total. The van der Waals surface area contributed by atoms with Crippen LogP contribution in [0.15, 0.2) is 194 Å². The summed E-state index contributed by atoms with van der Waals surface area (Å²) in [5, 5.41) is 5.10. The molecule has 1 aliphatic heterocycles. The number of hydrogen-bond acceptors (Lipinski definition) is 4. The zero-order valence-corrected chi connectivity index (χ0v) is 34.7. The Bertz CT molecular complexity index is 3450. The number of aromatic nitrogens is 6. The lowest BCUT2D eigenvalue weighted by atomic mass is 9.89. The molecule has 0 atom stereocenters. The molecule has 0 bridgehead atoms. The van der Waals surface area contributed by atoms with E-state index >= 15 is 0 Å². The lowest BCUT2D eigenvalue weighted by Crippen LogP contribution is -2.53. The van der Waals surface area contributed by atoms with Crippen molar-refractivity contribution in [1.29, 1.82) is 0 Å². The first-order chi connectivity index (χ1) is 30.0. The highest BCUT2D eigenvalue weighted by molar-refractivity contribution is 7.02. The van der Waals surface area contributed by atoms with E-state index in [0.717, 1.165) is 55.2 Å². The van der Waals surface area contributed by atoms with E-state index in [9.17, 15) is 0 Å². The zero-order valence-electron chi connectivity index (χ0n) is 33.7. The first-order valence-corrected chi connectivity index (χ1v) is 23.7. The molecule has 0 amide bonds. The summed E-state index contributed by atoms with van der Waals surface area (Å²) in [5.74, 6) is 2.22. The molecule has 7 heteroatoms. The molecule has 0 saturated carbocycles. The van der Waals surface area contributed by atoms with Crippen molar-refractivity contribution in [2.45, 2.75) is 13.1 Å². The number of imidazole rings is 1. The van der Waals surface area contributed by atoms with Gasteiger partial charge in [0.15, 0.2) is 11.6 Å². The Kier molecular flexibility index (Phi) is 7.89. The van der Waals surface area contributed by atoms with E-state index in [1.54, 1.807) is 0 Å². The zero-order chi connectivity index (χ0) is 40.7. The third-order valence-corrected chi connectivity index (χ3v) is 16.0. The molecule has 0 saturated heterocycles. The lowest BCUT2D eigenvalue weighted by molar-refractivity contribution is 0.934. The van der Waals surface area contributed by atoms with Crippen LogP contribution in [0.5, 0.6) is 0 Å². The summed E-state index contributed by atoms with van der Waals surface area (Å²) < 4.78 is 4.47. The topological polar surface area (TPSA) is 61.4 Å². The molecular weight excluding hydrogens is 761 g/mol. The molecule has 4 heterocycles. The summed E-state index contributed by atoms with van der Waals surface area (Å²) in [6, 6.07) is 68.8. The largest absolute Gasteiger partial charge is 0.289 e. The molecule has 1 aliphatic rings. The molecule has 0 fully saturated rings. The molecule has 11 aromatic rings. The van der Waals surface area contributed by atoms with Gasteiger partial charge in [0.1, 0.15) is 8.07 Å². The number of fused-ring (bicyclic) bond motifs is 10. The maximum Gasteiger partial charge on any atom is 0.238 e. The molecule has 12 rings (SSSR count). The van der Waals surface area contributed by atoms with Crippen LogP contribution in [0.1, 0.15) is 0 Å². The van der Waals surface area contributed by atoms with Crippen LogP contribution in [0.25, 0.3) is 101 Å². The van der Waals surface area contributed by atoms with Crippen molar-refractivity contribution in [3.8, 4) is 68.1 Å². The molecule has 8 aromatic carbocycles. The molecule has 6 nitrogen and oxygen atoms in total. The SMILES string of the molecule is C[Si]1(C)c2ccccc2-c2cc(-c3ccccc3)c3nc(-c4nc(-c5ccccc5)nc(-n5c6ccccc6c6ccccc65)n4)n(-c4ccccc4)c3c2-c2ccccc21. The van der Waals surface area contributed by atoms with E-state index < -0.39 is 8.07 Å². The average Bonchev–Trinajstić information content (AvgIpc) is 3.87. The maximum absolute atomic E-state index is 5.73. The van der Waals surface area contributed by atoms with E-state index in [0.29, 0.717) is 23.4 Å². The van der Waals surface area contributed by atoms with Gasteiger partial charge in [0.2, 0.25) is 11.8 Å². The summed E-state index contributed by atoms with van der Waals surface area (Å²) >= 11 is 0. The highest BCUT2D eigenvalue weighted by Gasteiger charge is 2.37. The fourth-order valence-corrected chi connectivity index (χ4v) is 12.7. The third-order valence-electron chi connectivity index (χ3n) is 12.4. The summed E-state index contributed by atoms with van der Waals surface area (Å²) in [6.07, 6.45) is 0. The monoisotopic (exact) mass is 798 g/mol. The Morgan fingerprint density at radius 2 is 0.934 bits per heavy atom. The van der Waals surface area contributed by atoms with E-state index in [1.165, 1.54) is 32.6 Å². The van der Waals surface area contributed by atoms with Crippen LogP contribution >= 0.6 is 0 Å². The number of para-hydroxylation sites is 3. The van der Waals surface area contributed by atoms with Gasteiger partial charge in [-0.25, -0.2) is 9.97 Å². The van der Waals surface area contributed by atoms with Crippen LogP contribution in [0.2, 0.25) is 13.1 Å². The third kappa shape index (κ3) is 5.41. The lowest BCUT2D eigenvalue weighted by Gasteiger charge is -2.25. The predicted octanol–water partition coefficient (Wildman–Crippen LogP) is 11.8. The van der Waals surface area contributed by atoms with E-state index in [4.69, 9.17) is 19.9 Å². The van der Waals surface area contributed by atoms with Crippen molar-refractivity contribution >= 4 is 51.3 Å². The quantitative estimate of drug-likeness (QED) is 0.163. The number of benzene rings is 8. The van der Waals surface area contributed by atoms with Crippen molar-refractivity contribution in [3.05, 3.63) is 194 Å². The van der Waals surface area contributed by atoms with Crippen LogP contribution in [-0.4, -0.2) is 37.1 Å². The van der Waals surface area contributed by atoms with Crippen molar-refractivity contribution < 1.29 is 0 Å². The Morgan fingerprint density at radius 1 is 0.410 bits per heavy atom. The fourth-order valence-electron chi connectivity index (χ4n) is 9.63. The van der Waals surface area contributed by atoms with Crippen LogP contribution in [0.4, 0.5) is 0 Å². The van der Waals surface area contributed by atoms with Crippen LogP contribution in [0, 0.1) is 0 Å².